The molecule has 6 heterocycles. The second-order valence-electron chi connectivity index (χ2n) is 17.6. The maximum atomic E-state index is 6.97. The highest BCUT2D eigenvalue weighted by Gasteiger charge is 2.24. The van der Waals surface area contributed by atoms with E-state index in [0.717, 1.165) is 121 Å². The topological polar surface area (TPSA) is 84.6 Å². The summed E-state index contributed by atoms with van der Waals surface area (Å²) in [6.07, 6.45) is 5.55. The molecule has 15 aromatic rings. The molecule has 0 N–H and O–H groups in total. The zero-order valence-electron chi connectivity index (χ0n) is 36.7. The Morgan fingerprint density at radius 1 is 0.290 bits per heavy atom. The first-order chi connectivity index (χ1) is 34.2. The van der Waals surface area contributed by atoms with Crippen LogP contribution in [0.3, 0.4) is 0 Å². The molecule has 0 amide bonds. The first-order valence-electron chi connectivity index (χ1n) is 23.0. The lowest BCUT2D eigenvalue weighted by molar-refractivity contribution is 0.668. The maximum Gasteiger partial charge on any atom is 0.153 e. The second kappa shape index (κ2) is 14.5. The van der Waals surface area contributed by atoms with Crippen molar-refractivity contribution in [3.8, 4) is 0 Å². The van der Waals surface area contributed by atoms with Crippen molar-refractivity contribution in [1.82, 2.24) is 15.0 Å². The number of aromatic nitrogens is 3. The van der Waals surface area contributed by atoms with Gasteiger partial charge in [0.05, 0.1) is 17.1 Å². The Hall–Kier alpha value is -9.53. The van der Waals surface area contributed by atoms with E-state index in [2.05, 4.69) is 190 Å². The van der Waals surface area contributed by atoms with Gasteiger partial charge in [0.1, 0.15) is 39.2 Å². The third-order valence-electron chi connectivity index (χ3n) is 13.7. The second-order valence-corrected chi connectivity index (χ2v) is 17.6. The van der Waals surface area contributed by atoms with Gasteiger partial charge in [-0.3, -0.25) is 14.9 Å². The molecule has 0 aliphatic heterocycles. The fourth-order valence-corrected chi connectivity index (χ4v) is 10.6. The van der Waals surface area contributed by atoms with Crippen LogP contribution in [0.25, 0.3) is 109 Å². The molecule has 0 aliphatic carbocycles. The molecular weight excluding hydrogens is 851 g/mol. The first kappa shape index (κ1) is 37.7. The van der Waals surface area contributed by atoms with Crippen LogP contribution in [-0.4, -0.2) is 15.0 Å². The van der Waals surface area contributed by atoms with Gasteiger partial charge < -0.3 is 18.2 Å². The van der Waals surface area contributed by atoms with E-state index in [1.54, 1.807) is 6.20 Å². The Morgan fingerprint density at radius 2 is 0.725 bits per heavy atom. The van der Waals surface area contributed by atoms with Crippen LogP contribution in [0.5, 0.6) is 0 Å². The van der Waals surface area contributed by atoms with Crippen molar-refractivity contribution in [2.75, 3.05) is 9.80 Å². The summed E-state index contributed by atoms with van der Waals surface area (Å²) in [4.78, 5) is 19.1. The van der Waals surface area contributed by atoms with Gasteiger partial charge in [0.2, 0.25) is 0 Å². The zero-order valence-corrected chi connectivity index (χ0v) is 36.7. The number of benzene rings is 9. The van der Waals surface area contributed by atoms with Gasteiger partial charge in [-0.1, -0.05) is 97.1 Å². The van der Waals surface area contributed by atoms with Crippen molar-refractivity contribution in [3.63, 3.8) is 0 Å². The molecule has 0 saturated carbocycles. The molecular formula is C61H35N5O3. The minimum atomic E-state index is 0.702. The molecule has 8 heteroatoms. The van der Waals surface area contributed by atoms with Gasteiger partial charge in [-0.05, 0) is 105 Å². The Kier molecular flexibility index (Phi) is 7.91. The predicted molar refractivity (Wildman–Crippen MR) is 281 cm³/mol. The molecule has 15 rings (SSSR count). The lowest BCUT2D eigenvalue weighted by Gasteiger charge is -2.27. The smallest absolute Gasteiger partial charge is 0.153 e. The largest absolute Gasteiger partial charge is 0.456 e. The van der Waals surface area contributed by atoms with Gasteiger partial charge in [-0.25, -0.2) is 4.98 Å². The minimum Gasteiger partial charge on any atom is -0.456 e. The number of nitrogens with zero attached hydrogens (tertiary/aromatic N) is 5. The molecule has 0 aliphatic rings. The van der Waals surface area contributed by atoms with Crippen LogP contribution in [0.15, 0.2) is 226 Å². The zero-order chi connectivity index (χ0) is 45.2. The quantitative estimate of drug-likeness (QED) is 0.153. The summed E-state index contributed by atoms with van der Waals surface area (Å²) < 4.78 is 19.8. The molecule has 9 aromatic carbocycles. The van der Waals surface area contributed by atoms with Crippen molar-refractivity contribution < 1.29 is 13.3 Å². The van der Waals surface area contributed by atoms with E-state index in [1.165, 1.54) is 16.2 Å². The van der Waals surface area contributed by atoms with E-state index in [4.69, 9.17) is 18.2 Å². The number of rotatable bonds is 6. The first-order valence-corrected chi connectivity index (χ1v) is 23.0. The maximum absolute atomic E-state index is 6.97. The predicted octanol–water partition coefficient (Wildman–Crippen LogP) is 17.1. The molecule has 0 spiro atoms. The Bertz CT molecular complexity index is 4320. The van der Waals surface area contributed by atoms with Crippen molar-refractivity contribution >= 4 is 143 Å². The lowest BCUT2D eigenvalue weighted by Crippen LogP contribution is -2.12. The number of pyridine rings is 3. The summed E-state index contributed by atoms with van der Waals surface area (Å²) in [6, 6.07) is 67.8. The van der Waals surface area contributed by atoms with Gasteiger partial charge in [0.15, 0.2) is 11.2 Å². The number of anilines is 6. The SMILES string of the molecule is c1ccc2c(c1)cc(N(c1ccc3c(c1)oc1cc(N(c4ccc5c(c4)oc4cccnc45)c4cc5ccccc5c5ccccc45)ncc13)c1ccc3c(c1)oc1cccnc13)c1ccccc12. The number of fused-ring (bicyclic) bond motifs is 15. The van der Waals surface area contributed by atoms with Crippen LogP contribution in [0.1, 0.15) is 0 Å². The van der Waals surface area contributed by atoms with Crippen LogP contribution in [0.4, 0.5) is 34.3 Å². The van der Waals surface area contributed by atoms with Crippen LogP contribution >= 0.6 is 0 Å². The van der Waals surface area contributed by atoms with Crippen LogP contribution in [0.2, 0.25) is 0 Å². The van der Waals surface area contributed by atoms with E-state index in [0.29, 0.717) is 5.82 Å². The molecule has 0 unspecified atom stereocenters. The summed E-state index contributed by atoms with van der Waals surface area (Å²) in [5.41, 5.74) is 10.9. The van der Waals surface area contributed by atoms with Crippen LogP contribution < -0.4 is 9.80 Å². The fraction of sp³-hybridized carbons (Fsp3) is 0. The number of furan rings is 3. The van der Waals surface area contributed by atoms with Crippen molar-refractivity contribution in [2.45, 2.75) is 0 Å². The average molecular weight is 886 g/mol. The van der Waals surface area contributed by atoms with E-state index >= 15 is 0 Å². The summed E-state index contributed by atoms with van der Waals surface area (Å²) in [6.45, 7) is 0. The van der Waals surface area contributed by atoms with Gasteiger partial charge in [-0.2, -0.15) is 0 Å². The van der Waals surface area contributed by atoms with Gasteiger partial charge in [-0.15, -0.1) is 0 Å². The monoisotopic (exact) mass is 885 g/mol. The van der Waals surface area contributed by atoms with Crippen molar-refractivity contribution in [2.24, 2.45) is 0 Å². The molecule has 0 atom stereocenters. The van der Waals surface area contributed by atoms with Gasteiger partial charge in [0.25, 0.3) is 0 Å². The summed E-state index contributed by atoms with van der Waals surface area (Å²) in [7, 11) is 0. The Balaban J connectivity index is 0.933. The molecule has 6 aromatic heterocycles. The minimum absolute atomic E-state index is 0.702. The van der Waals surface area contributed by atoms with E-state index in [1.807, 2.05) is 36.7 Å². The van der Waals surface area contributed by atoms with E-state index < -0.39 is 0 Å². The van der Waals surface area contributed by atoms with Gasteiger partial charge in [0, 0.05) is 86.5 Å². The standard InChI is InChI=1S/C61H35N5O3/c1-3-13-41-36(11-1)29-51(45-17-7-5-15-43(41)45)65(39-22-25-48-56(32-39)67-53-19-9-27-62-60(48)53)38-21-24-47-50-35-64-59(34-58(50)69-55(47)31-38)66(40-23-26-49-57(33-40)68-54-20-10-28-63-61(49)54)52-30-37-12-2-4-14-42(37)44-16-6-8-18-46(44)52/h1-35H. The molecule has 0 saturated heterocycles. The molecule has 0 bridgehead atoms. The third kappa shape index (κ3) is 5.72. The van der Waals surface area contributed by atoms with Crippen LogP contribution in [-0.2, 0) is 0 Å². The van der Waals surface area contributed by atoms with Crippen molar-refractivity contribution in [3.05, 3.63) is 213 Å². The van der Waals surface area contributed by atoms with E-state index in [9.17, 15) is 0 Å². The highest BCUT2D eigenvalue weighted by atomic mass is 16.3. The summed E-state index contributed by atoms with van der Waals surface area (Å²) >= 11 is 0. The summed E-state index contributed by atoms with van der Waals surface area (Å²) in [5.74, 6) is 0.702. The molecule has 0 fully saturated rings. The highest BCUT2D eigenvalue weighted by molar-refractivity contribution is 6.17. The molecule has 322 valence electrons. The summed E-state index contributed by atoms with van der Waals surface area (Å²) in [5, 5.41) is 13.0. The molecule has 8 nitrogen and oxygen atoms in total. The third-order valence-corrected chi connectivity index (χ3v) is 13.7. The Morgan fingerprint density at radius 3 is 1.29 bits per heavy atom. The van der Waals surface area contributed by atoms with Crippen LogP contribution in [0, 0.1) is 0 Å². The Labute approximate surface area is 392 Å². The molecule has 69 heavy (non-hydrogen) atoms. The number of hydrogen-bond donors (Lipinski definition) is 0. The molecule has 0 radical (unpaired) electrons. The fourth-order valence-electron chi connectivity index (χ4n) is 10.6. The van der Waals surface area contributed by atoms with Gasteiger partial charge >= 0.3 is 0 Å². The lowest BCUT2D eigenvalue weighted by atomic mass is 9.99. The average Bonchev–Trinajstić information content (AvgIpc) is 4.09. The highest BCUT2D eigenvalue weighted by Crippen LogP contribution is 2.47. The van der Waals surface area contributed by atoms with Crippen molar-refractivity contribution in [1.29, 1.82) is 0 Å². The van der Waals surface area contributed by atoms with E-state index in [-0.39, 0.29) is 0 Å². The number of hydrogen-bond acceptors (Lipinski definition) is 8. The normalized spacial score (nSPS) is 12.1.